The Morgan fingerprint density at radius 1 is 1.24 bits per heavy atom. The van der Waals surface area contributed by atoms with Gasteiger partial charge in [0, 0.05) is 5.54 Å². The Morgan fingerprint density at radius 2 is 1.94 bits per heavy atom. The van der Waals surface area contributed by atoms with Gasteiger partial charge < -0.3 is 20.5 Å². The van der Waals surface area contributed by atoms with Gasteiger partial charge in [0.1, 0.15) is 13.2 Å². The van der Waals surface area contributed by atoms with Gasteiger partial charge in [-0.25, -0.2) is 0 Å². The summed E-state index contributed by atoms with van der Waals surface area (Å²) in [5, 5.41) is 3.31. The van der Waals surface area contributed by atoms with E-state index in [1.54, 1.807) is 0 Å². The van der Waals surface area contributed by atoms with E-state index in [1.165, 1.54) is 5.56 Å². The summed E-state index contributed by atoms with van der Waals surface area (Å²) >= 11 is 0. The van der Waals surface area contributed by atoms with E-state index in [0.29, 0.717) is 13.2 Å². The molecule has 4 heteroatoms. The van der Waals surface area contributed by atoms with E-state index >= 15 is 0 Å². The Kier molecular flexibility index (Phi) is 2.49. The third-order valence-corrected chi connectivity index (χ3v) is 3.59. The quantitative estimate of drug-likeness (QED) is 0.825. The predicted octanol–water partition coefficient (Wildman–Crippen LogP) is 1.21. The van der Waals surface area contributed by atoms with E-state index in [2.05, 4.69) is 11.4 Å². The first-order valence-corrected chi connectivity index (χ1v) is 6.09. The van der Waals surface area contributed by atoms with Crippen molar-refractivity contribution < 1.29 is 9.47 Å². The molecule has 1 aliphatic heterocycles. The largest absolute Gasteiger partial charge is 0.486 e. The summed E-state index contributed by atoms with van der Waals surface area (Å²) in [6.45, 7) is 1.25. The average Bonchev–Trinajstić information content (AvgIpc) is 3.09. The van der Waals surface area contributed by atoms with Crippen LogP contribution in [-0.4, -0.2) is 25.8 Å². The molecule has 0 amide bonds. The summed E-state index contributed by atoms with van der Waals surface area (Å²) in [4.78, 5) is 0. The third kappa shape index (κ3) is 1.87. The lowest BCUT2D eigenvalue weighted by molar-refractivity contribution is 0.171. The van der Waals surface area contributed by atoms with Gasteiger partial charge in [0.2, 0.25) is 0 Å². The Labute approximate surface area is 101 Å². The molecule has 3 N–H and O–H groups in total. The fourth-order valence-corrected chi connectivity index (χ4v) is 2.46. The second-order valence-corrected chi connectivity index (χ2v) is 4.86. The van der Waals surface area contributed by atoms with Crippen LogP contribution in [0.25, 0.3) is 0 Å². The van der Waals surface area contributed by atoms with Gasteiger partial charge in [0.15, 0.2) is 11.5 Å². The molecule has 1 aliphatic carbocycles. The molecule has 1 aromatic rings. The summed E-state index contributed by atoms with van der Waals surface area (Å²) in [5.74, 6) is 1.66. The van der Waals surface area contributed by atoms with Gasteiger partial charge in [-0.15, -0.1) is 0 Å². The molecule has 0 aromatic heterocycles. The maximum Gasteiger partial charge on any atom is 0.161 e. The Balaban J connectivity index is 1.92. The van der Waals surface area contributed by atoms with Crippen molar-refractivity contribution in [1.29, 1.82) is 0 Å². The number of hydrogen-bond acceptors (Lipinski definition) is 4. The van der Waals surface area contributed by atoms with Crippen LogP contribution >= 0.6 is 0 Å². The summed E-state index contributed by atoms with van der Waals surface area (Å²) in [7, 11) is 1.95. The molecule has 92 valence electrons. The van der Waals surface area contributed by atoms with E-state index in [-0.39, 0.29) is 11.6 Å². The van der Waals surface area contributed by atoms with Crippen molar-refractivity contribution in [3.05, 3.63) is 23.8 Å². The Hall–Kier alpha value is -1.26. The molecule has 2 aliphatic rings. The zero-order chi connectivity index (χ0) is 11.9. The van der Waals surface area contributed by atoms with Crippen LogP contribution in [0, 0.1) is 0 Å². The van der Waals surface area contributed by atoms with Crippen LogP contribution in [-0.2, 0) is 0 Å². The van der Waals surface area contributed by atoms with Gasteiger partial charge in [-0.1, -0.05) is 6.07 Å². The zero-order valence-electron chi connectivity index (χ0n) is 10.0. The molecule has 0 radical (unpaired) electrons. The molecule has 1 atom stereocenters. The minimum atomic E-state index is -0.0848. The Bertz CT molecular complexity index is 429. The fourth-order valence-electron chi connectivity index (χ4n) is 2.46. The van der Waals surface area contributed by atoms with Crippen LogP contribution < -0.4 is 20.5 Å². The first kappa shape index (κ1) is 10.9. The molecule has 0 bridgehead atoms. The van der Waals surface area contributed by atoms with Crippen LogP contribution in [0.5, 0.6) is 11.5 Å². The summed E-state index contributed by atoms with van der Waals surface area (Å²) in [5.41, 5.74) is 7.37. The summed E-state index contributed by atoms with van der Waals surface area (Å²) < 4.78 is 11.1. The van der Waals surface area contributed by atoms with Gasteiger partial charge in [0.25, 0.3) is 0 Å². The first-order chi connectivity index (χ1) is 8.23. The number of likely N-dealkylation sites (N-methyl/N-ethyl adjacent to an activating group) is 1. The van der Waals surface area contributed by atoms with Crippen molar-refractivity contribution in [2.24, 2.45) is 5.73 Å². The maximum atomic E-state index is 6.27. The SMILES string of the molecule is CNC(c1ccc2c(c1)OCCO2)C1(N)CC1. The standard InChI is InChI=1S/C13H18N2O2/c1-15-12(13(14)4-5-13)9-2-3-10-11(8-9)17-7-6-16-10/h2-3,8,12,15H,4-7,14H2,1H3. The van der Waals surface area contributed by atoms with Crippen molar-refractivity contribution in [3.8, 4) is 11.5 Å². The molecule has 0 saturated heterocycles. The average molecular weight is 234 g/mol. The predicted molar refractivity (Wildman–Crippen MR) is 65.4 cm³/mol. The van der Waals surface area contributed by atoms with E-state index in [0.717, 1.165) is 24.3 Å². The van der Waals surface area contributed by atoms with Crippen molar-refractivity contribution in [1.82, 2.24) is 5.32 Å². The molecule has 3 rings (SSSR count). The molecule has 1 saturated carbocycles. The summed E-state index contributed by atoms with van der Waals surface area (Å²) in [6.07, 6.45) is 2.15. The van der Waals surface area contributed by atoms with Gasteiger partial charge in [-0.05, 0) is 37.6 Å². The molecule has 1 heterocycles. The van der Waals surface area contributed by atoms with Gasteiger partial charge in [-0.2, -0.15) is 0 Å². The van der Waals surface area contributed by atoms with Crippen molar-refractivity contribution in [2.45, 2.75) is 24.4 Å². The Morgan fingerprint density at radius 3 is 2.59 bits per heavy atom. The molecule has 0 spiro atoms. The monoisotopic (exact) mass is 234 g/mol. The van der Waals surface area contributed by atoms with Crippen LogP contribution in [0.4, 0.5) is 0 Å². The van der Waals surface area contributed by atoms with E-state index in [9.17, 15) is 0 Å². The molecule has 1 unspecified atom stereocenters. The highest BCUT2D eigenvalue weighted by Crippen LogP contribution is 2.45. The number of hydrogen-bond donors (Lipinski definition) is 2. The highest BCUT2D eigenvalue weighted by atomic mass is 16.6. The van der Waals surface area contributed by atoms with Crippen LogP contribution in [0.3, 0.4) is 0 Å². The smallest absolute Gasteiger partial charge is 0.161 e. The van der Waals surface area contributed by atoms with E-state index in [4.69, 9.17) is 15.2 Å². The number of nitrogens with two attached hydrogens (primary N) is 1. The lowest BCUT2D eigenvalue weighted by atomic mass is 9.97. The molecular weight excluding hydrogens is 216 g/mol. The number of ether oxygens (including phenoxy) is 2. The normalized spacial score (nSPS) is 22.0. The van der Waals surface area contributed by atoms with E-state index < -0.39 is 0 Å². The number of rotatable bonds is 3. The van der Waals surface area contributed by atoms with Crippen molar-refractivity contribution >= 4 is 0 Å². The van der Waals surface area contributed by atoms with Crippen molar-refractivity contribution in [3.63, 3.8) is 0 Å². The van der Waals surface area contributed by atoms with Crippen molar-refractivity contribution in [2.75, 3.05) is 20.3 Å². The summed E-state index contributed by atoms with van der Waals surface area (Å²) in [6, 6.07) is 6.28. The highest BCUT2D eigenvalue weighted by Gasteiger charge is 2.46. The number of benzene rings is 1. The fraction of sp³-hybridized carbons (Fsp3) is 0.538. The molecule has 1 aromatic carbocycles. The van der Waals surface area contributed by atoms with Gasteiger partial charge in [-0.3, -0.25) is 0 Å². The molecule has 4 nitrogen and oxygen atoms in total. The maximum absolute atomic E-state index is 6.27. The zero-order valence-corrected chi connectivity index (χ0v) is 10.0. The van der Waals surface area contributed by atoms with E-state index in [1.807, 2.05) is 19.2 Å². The number of fused-ring (bicyclic) bond motifs is 1. The van der Waals surface area contributed by atoms with Gasteiger partial charge in [0.05, 0.1) is 6.04 Å². The minimum absolute atomic E-state index is 0.0848. The lowest BCUT2D eigenvalue weighted by Crippen LogP contribution is -2.38. The second kappa shape index (κ2) is 3.89. The third-order valence-electron chi connectivity index (χ3n) is 3.59. The topological polar surface area (TPSA) is 56.5 Å². The van der Waals surface area contributed by atoms with Crippen LogP contribution in [0.15, 0.2) is 18.2 Å². The molecule has 1 fully saturated rings. The molecular formula is C13H18N2O2. The molecule has 17 heavy (non-hydrogen) atoms. The first-order valence-electron chi connectivity index (χ1n) is 6.09. The van der Waals surface area contributed by atoms with Crippen LogP contribution in [0.1, 0.15) is 24.4 Å². The second-order valence-electron chi connectivity index (χ2n) is 4.86. The van der Waals surface area contributed by atoms with Crippen LogP contribution in [0.2, 0.25) is 0 Å². The van der Waals surface area contributed by atoms with Gasteiger partial charge >= 0.3 is 0 Å². The number of nitrogens with one attached hydrogen (secondary N) is 1. The minimum Gasteiger partial charge on any atom is -0.486 e. The highest BCUT2D eigenvalue weighted by molar-refractivity contribution is 5.45. The lowest BCUT2D eigenvalue weighted by Gasteiger charge is -2.25.